The minimum absolute atomic E-state index is 0.116. The highest BCUT2D eigenvalue weighted by Crippen LogP contribution is 2.13. The van der Waals surface area contributed by atoms with Crippen LogP contribution in [0.1, 0.15) is 20.8 Å². The number of hydrogen-bond donors (Lipinski definition) is 2. The predicted octanol–water partition coefficient (Wildman–Crippen LogP) is 4.33. The van der Waals surface area contributed by atoms with Gasteiger partial charge in [-0.25, -0.2) is 5.43 Å². The van der Waals surface area contributed by atoms with Gasteiger partial charge in [-0.05, 0) is 41.3 Å². The molecule has 29 heavy (non-hydrogen) atoms. The van der Waals surface area contributed by atoms with Crippen LogP contribution >= 0.6 is 11.3 Å². The Hall–Kier alpha value is -3.77. The van der Waals surface area contributed by atoms with Crippen LogP contribution < -0.4 is 10.7 Å². The number of benzene rings is 2. The predicted molar refractivity (Wildman–Crippen MR) is 118 cm³/mol. The Kier molecular flexibility index (Phi) is 7.26. The first-order valence-electron chi connectivity index (χ1n) is 8.89. The van der Waals surface area contributed by atoms with Gasteiger partial charge in [0.1, 0.15) is 5.70 Å². The van der Waals surface area contributed by atoms with Crippen molar-refractivity contribution < 1.29 is 9.59 Å². The molecule has 0 bridgehead atoms. The zero-order chi connectivity index (χ0) is 20.3. The Labute approximate surface area is 173 Å². The third kappa shape index (κ3) is 6.41. The maximum Gasteiger partial charge on any atom is 0.287 e. The molecule has 0 aliphatic heterocycles. The van der Waals surface area contributed by atoms with Crippen LogP contribution in [0.5, 0.6) is 0 Å². The summed E-state index contributed by atoms with van der Waals surface area (Å²) in [5, 5.41) is 8.48. The number of amides is 2. The van der Waals surface area contributed by atoms with Gasteiger partial charge in [-0.15, -0.1) is 11.3 Å². The Bertz CT molecular complexity index is 1020. The van der Waals surface area contributed by atoms with Gasteiger partial charge >= 0.3 is 0 Å². The van der Waals surface area contributed by atoms with Gasteiger partial charge in [0, 0.05) is 16.7 Å². The first kappa shape index (κ1) is 20.0. The molecule has 0 saturated heterocycles. The summed E-state index contributed by atoms with van der Waals surface area (Å²) in [6.07, 6.45) is 6.69. The fourth-order valence-electron chi connectivity index (χ4n) is 2.38. The van der Waals surface area contributed by atoms with Crippen molar-refractivity contribution in [3.63, 3.8) is 0 Å². The molecule has 0 aliphatic carbocycles. The first-order valence-corrected chi connectivity index (χ1v) is 9.77. The topological polar surface area (TPSA) is 70.6 Å². The van der Waals surface area contributed by atoms with Crippen molar-refractivity contribution in [3.05, 3.63) is 106 Å². The van der Waals surface area contributed by atoms with Gasteiger partial charge < -0.3 is 5.32 Å². The lowest BCUT2D eigenvalue weighted by molar-refractivity contribution is -0.117. The van der Waals surface area contributed by atoms with E-state index in [1.165, 1.54) is 17.6 Å². The van der Waals surface area contributed by atoms with E-state index in [1.807, 2.05) is 60.0 Å². The minimum Gasteiger partial charge on any atom is -0.317 e. The van der Waals surface area contributed by atoms with Gasteiger partial charge in [0.25, 0.3) is 11.8 Å². The molecule has 0 atom stereocenters. The first-order chi connectivity index (χ1) is 14.2. The van der Waals surface area contributed by atoms with Crippen molar-refractivity contribution in [1.29, 1.82) is 0 Å². The summed E-state index contributed by atoms with van der Waals surface area (Å²) in [5.74, 6) is -0.872. The maximum absolute atomic E-state index is 12.5. The van der Waals surface area contributed by atoms with Gasteiger partial charge in [0.05, 0.1) is 0 Å². The molecule has 3 rings (SSSR count). The molecule has 6 heteroatoms. The lowest BCUT2D eigenvalue weighted by atomic mass is 10.2. The monoisotopic (exact) mass is 401 g/mol. The SMILES string of the molecule is O=C(N/N=C\C=C\c1ccccc1)/C(=C\c1cccs1)NC(=O)c1ccccc1. The smallest absolute Gasteiger partial charge is 0.287 e. The summed E-state index contributed by atoms with van der Waals surface area (Å²) in [6, 6.07) is 22.2. The van der Waals surface area contributed by atoms with Crippen LogP contribution in [0.2, 0.25) is 0 Å². The molecule has 2 amide bonds. The number of nitrogens with one attached hydrogen (secondary N) is 2. The number of rotatable bonds is 7. The van der Waals surface area contributed by atoms with Crippen LogP contribution in [-0.4, -0.2) is 18.0 Å². The number of carbonyl (C=O) groups is 2. The number of hydrazone groups is 1. The molecule has 0 unspecified atom stereocenters. The van der Waals surface area contributed by atoms with Crippen molar-refractivity contribution in [2.45, 2.75) is 0 Å². The van der Waals surface area contributed by atoms with E-state index in [-0.39, 0.29) is 11.6 Å². The molecule has 3 aromatic rings. The number of hydrogen-bond acceptors (Lipinski definition) is 4. The Morgan fingerprint density at radius 1 is 0.897 bits per heavy atom. The Morgan fingerprint density at radius 2 is 1.62 bits per heavy atom. The molecular weight excluding hydrogens is 382 g/mol. The van der Waals surface area contributed by atoms with E-state index >= 15 is 0 Å². The van der Waals surface area contributed by atoms with Crippen molar-refractivity contribution in [2.75, 3.05) is 0 Å². The highest BCUT2D eigenvalue weighted by molar-refractivity contribution is 7.10. The van der Waals surface area contributed by atoms with Crippen LogP contribution in [-0.2, 0) is 4.79 Å². The highest BCUT2D eigenvalue weighted by atomic mass is 32.1. The van der Waals surface area contributed by atoms with Crippen molar-refractivity contribution >= 4 is 41.5 Å². The fourth-order valence-corrected chi connectivity index (χ4v) is 3.03. The summed E-state index contributed by atoms with van der Waals surface area (Å²) in [4.78, 5) is 25.8. The van der Waals surface area contributed by atoms with E-state index in [0.717, 1.165) is 10.4 Å². The summed E-state index contributed by atoms with van der Waals surface area (Å²) in [7, 11) is 0. The van der Waals surface area contributed by atoms with Crippen LogP contribution in [0.25, 0.3) is 12.2 Å². The van der Waals surface area contributed by atoms with E-state index in [9.17, 15) is 9.59 Å². The summed E-state index contributed by atoms with van der Waals surface area (Å²) in [6.45, 7) is 0. The third-order valence-electron chi connectivity index (χ3n) is 3.77. The highest BCUT2D eigenvalue weighted by Gasteiger charge is 2.14. The van der Waals surface area contributed by atoms with Gasteiger partial charge in [0.15, 0.2) is 0 Å². The molecular formula is C23H19N3O2S. The molecule has 0 saturated carbocycles. The summed E-state index contributed by atoms with van der Waals surface area (Å²) in [5.41, 5.74) is 4.05. The zero-order valence-corrected chi connectivity index (χ0v) is 16.3. The molecule has 144 valence electrons. The number of allylic oxidation sites excluding steroid dienone is 1. The van der Waals surface area contributed by atoms with E-state index in [4.69, 9.17) is 0 Å². The Balaban J connectivity index is 1.67. The lowest BCUT2D eigenvalue weighted by Crippen LogP contribution is -2.32. The minimum atomic E-state index is -0.507. The standard InChI is InChI=1S/C23H19N3O2S/c27-22(19-12-5-2-6-13-19)25-21(17-20-14-8-16-29-20)23(28)26-24-15-7-11-18-9-3-1-4-10-18/h1-17H,(H,25,27)(H,26,28)/b11-7+,21-17+,24-15-. The van der Waals surface area contributed by atoms with Crippen molar-refractivity contribution in [3.8, 4) is 0 Å². The molecule has 0 radical (unpaired) electrons. The average Bonchev–Trinajstić information content (AvgIpc) is 3.27. The quantitative estimate of drug-likeness (QED) is 0.351. The molecule has 2 aromatic carbocycles. The van der Waals surface area contributed by atoms with Crippen LogP contribution in [0.3, 0.4) is 0 Å². The zero-order valence-electron chi connectivity index (χ0n) is 15.5. The summed E-state index contributed by atoms with van der Waals surface area (Å²) >= 11 is 1.46. The van der Waals surface area contributed by atoms with Gasteiger partial charge in [0.2, 0.25) is 0 Å². The fraction of sp³-hybridized carbons (Fsp3) is 0. The van der Waals surface area contributed by atoms with Crippen molar-refractivity contribution in [1.82, 2.24) is 10.7 Å². The average molecular weight is 401 g/mol. The Morgan fingerprint density at radius 3 is 2.31 bits per heavy atom. The second-order valence-corrected chi connectivity index (χ2v) is 6.86. The normalized spacial score (nSPS) is 11.7. The third-order valence-corrected chi connectivity index (χ3v) is 4.59. The van der Waals surface area contributed by atoms with Crippen molar-refractivity contribution in [2.24, 2.45) is 5.10 Å². The molecule has 0 spiro atoms. The summed E-state index contributed by atoms with van der Waals surface area (Å²) < 4.78 is 0. The van der Waals surface area contributed by atoms with Gasteiger partial charge in [-0.1, -0.05) is 60.7 Å². The molecule has 0 fully saturated rings. The number of carbonyl (C=O) groups excluding carboxylic acids is 2. The molecule has 2 N–H and O–H groups in total. The van der Waals surface area contributed by atoms with E-state index in [2.05, 4.69) is 15.8 Å². The van der Waals surface area contributed by atoms with Crippen LogP contribution in [0.4, 0.5) is 0 Å². The maximum atomic E-state index is 12.5. The molecule has 0 aliphatic rings. The molecule has 5 nitrogen and oxygen atoms in total. The number of thiophene rings is 1. The van der Waals surface area contributed by atoms with Crippen LogP contribution in [0, 0.1) is 0 Å². The second-order valence-electron chi connectivity index (χ2n) is 5.88. The van der Waals surface area contributed by atoms with Crippen LogP contribution in [0.15, 0.2) is 95.1 Å². The molecule has 1 heterocycles. The van der Waals surface area contributed by atoms with E-state index in [1.54, 1.807) is 36.4 Å². The van der Waals surface area contributed by atoms with E-state index in [0.29, 0.717) is 5.56 Å². The van der Waals surface area contributed by atoms with Gasteiger partial charge in [-0.2, -0.15) is 5.10 Å². The van der Waals surface area contributed by atoms with E-state index < -0.39 is 5.91 Å². The van der Waals surface area contributed by atoms with Gasteiger partial charge in [-0.3, -0.25) is 9.59 Å². The lowest BCUT2D eigenvalue weighted by Gasteiger charge is -2.08. The molecule has 1 aromatic heterocycles. The number of nitrogens with zero attached hydrogens (tertiary/aromatic N) is 1. The second kappa shape index (κ2) is 10.5. The largest absolute Gasteiger partial charge is 0.317 e.